The van der Waals surface area contributed by atoms with Gasteiger partial charge in [-0.05, 0) is 18.1 Å². The van der Waals surface area contributed by atoms with Gasteiger partial charge in [0.25, 0.3) is 0 Å². The minimum absolute atomic E-state index is 0.432. The Hall–Kier alpha value is -1.70. The molecular weight excluding hydrogens is 184 g/mol. The second kappa shape index (κ2) is 4.22. The third-order valence-corrected chi connectivity index (χ3v) is 2.36. The molecule has 15 heavy (non-hydrogen) atoms. The lowest BCUT2D eigenvalue weighted by atomic mass is 9.99. The van der Waals surface area contributed by atoms with Gasteiger partial charge in [0.05, 0.1) is 5.69 Å². The Balaban J connectivity index is 2.53. The molecule has 2 aromatic heterocycles. The SMILES string of the molecule is CC(C)c1ncccc1-c1cccnc1. The molecule has 2 aromatic rings. The number of nitrogens with zero attached hydrogens (tertiary/aromatic N) is 2. The molecule has 0 aliphatic carbocycles. The van der Waals surface area contributed by atoms with Crippen LogP contribution in [-0.2, 0) is 0 Å². The van der Waals surface area contributed by atoms with Crippen molar-refractivity contribution in [3.05, 3.63) is 48.5 Å². The number of hydrogen-bond donors (Lipinski definition) is 0. The van der Waals surface area contributed by atoms with Crippen LogP contribution in [0.1, 0.15) is 25.5 Å². The molecule has 0 unspecified atom stereocenters. The largest absolute Gasteiger partial charge is 0.264 e. The Kier molecular flexibility index (Phi) is 2.77. The Morgan fingerprint density at radius 3 is 2.53 bits per heavy atom. The second-order valence-corrected chi connectivity index (χ2v) is 3.83. The zero-order valence-electron chi connectivity index (χ0n) is 9.01. The normalized spacial score (nSPS) is 10.6. The molecule has 0 radical (unpaired) electrons. The van der Waals surface area contributed by atoms with Gasteiger partial charge in [0.1, 0.15) is 0 Å². The minimum Gasteiger partial charge on any atom is -0.264 e. The predicted octanol–water partition coefficient (Wildman–Crippen LogP) is 3.27. The molecule has 0 N–H and O–H groups in total. The van der Waals surface area contributed by atoms with Gasteiger partial charge in [0.15, 0.2) is 0 Å². The van der Waals surface area contributed by atoms with E-state index in [2.05, 4.69) is 35.9 Å². The van der Waals surface area contributed by atoms with Crippen molar-refractivity contribution in [3.8, 4) is 11.1 Å². The molecule has 2 rings (SSSR count). The summed E-state index contributed by atoms with van der Waals surface area (Å²) in [6, 6.07) is 8.08. The van der Waals surface area contributed by atoms with Gasteiger partial charge in [0.2, 0.25) is 0 Å². The molecule has 2 nitrogen and oxygen atoms in total. The van der Waals surface area contributed by atoms with Gasteiger partial charge >= 0.3 is 0 Å². The maximum absolute atomic E-state index is 4.43. The molecular formula is C13H14N2. The van der Waals surface area contributed by atoms with E-state index in [9.17, 15) is 0 Å². The Morgan fingerprint density at radius 1 is 1.07 bits per heavy atom. The zero-order valence-corrected chi connectivity index (χ0v) is 9.01. The second-order valence-electron chi connectivity index (χ2n) is 3.83. The van der Waals surface area contributed by atoms with Gasteiger partial charge in [-0.25, -0.2) is 0 Å². The molecule has 0 aliphatic rings. The Labute approximate surface area is 90.0 Å². The lowest BCUT2D eigenvalue weighted by molar-refractivity contribution is 0.825. The van der Waals surface area contributed by atoms with Crippen LogP contribution in [0.4, 0.5) is 0 Å². The molecule has 0 amide bonds. The highest BCUT2D eigenvalue weighted by Crippen LogP contribution is 2.26. The molecule has 0 fully saturated rings. The average molecular weight is 198 g/mol. The third-order valence-electron chi connectivity index (χ3n) is 2.36. The number of pyridine rings is 2. The van der Waals surface area contributed by atoms with E-state index in [-0.39, 0.29) is 0 Å². The molecule has 0 aromatic carbocycles. The van der Waals surface area contributed by atoms with Crippen LogP contribution in [-0.4, -0.2) is 9.97 Å². The van der Waals surface area contributed by atoms with Crippen LogP contribution in [0.15, 0.2) is 42.9 Å². The van der Waals surface area contributed by atoms with Gasteiger partial charge in [-0.3, -0.25) is 9.97 Å². The highest BCUT2D eigenvalue weighted by Gasteiger charge is 2.08. The van der Waals surface area contributed by atoms with Crippen LogP contribution in [0.5, 0.6) is 0 Å². The van der Waals surface area contributed by atoms with E-state index in [0.717, 1.165) is 11.3 Å². The van der Waals surface area contributed by atoms with Crippen molar-refractivity contribution in [3.63, 3.8) is 0 Å². The molecule has 0 saturated heterocycles. The summed E-state index contributed by atoms with van der Waals surface area (Å²) >= 11 is 0. The summed E-state index contributed by atoms with van der Waals surface area (Å²) in [5.41, 5.74) is 3.44. The molecule has 76 valence electrons. The van der Waals surface area contributed by atoms with Crippen LogP contribution in [0.2, 0.25) is 0 Å². The average Bonchev–Trinajstić information content (AvgIpc) is 2.30. The topological polar surface area (TPSA) is 25.8 Å². The summed E-state index contributed by atoms with van der Waals surface area (Å²) in [7, 11) is 0. The van der Waals surface area contributed by atoms with Crippen LogP contribution >= 0.6 is 0 Å². The molecule has 0 saturated carbocycles. The van der Waals surface area contributed by atoms with Gasteiger partial charge in [-0.2, -0.15) is 0 Å². The van der Waals surface area contributed by atoms with Crippen molar-refractivity contribution in [2.75, 3.05) is 0 Å². The van der Waals surface area contributed by atoms with E-state index in [0.29, 0.717) is 5.92 Å². The quantitative estimate of drug-likeness (QED) is 0.740. The molecule has 0 bridgehead atoms. The minimum atomic E-state index is 0.432. The molecule has 2 heteroatoms. The Morgan fingerprint density at radius 2 is 1.87 bits per heavy atom. The highest BCUT2D eigenvalue weighted by atomic mass is 14.7. The van der Waals surface area contributed by atoms with Crippen molar-refractivity contribution >= 4 is 0 Å². The van der Waals surface area contributed by atoms with Crippen LogP contribution in [0, 0.1) is 0 Å². The summed E-state index contributed by atoms with van der Waals surface area (Å²) in [4.78, 5) is 8.56. The first-order chi connectivity index (χ1) is 7.29. The van der Waals surface area contributed by atoms with E-state index in [1.807, 2.05) is 24.5 Å². The highest BCUT2D eigenvalue weighted by molar-refractivity contribution is 5.65. The lowest BCUT2D eigenvalue weighted by Gasteiger charge is -2.10. The van der Waals surface area contributed by atoms with Crippen LogP contribution in [0.25, 0.3) is 11.1 Å². The van der Waals surface area contributed by atoms with Crippen LogP contribution < -0.4 is 0 Å². The molecule has 0 atom stereocenters. The van der Waals surface area contributed by atoms with Crippen molar-refractivity contribution in [1.29, 1.82) is 0 Å². The van der Waals surface area contributed by atoms with Crippen molar-refractivity contribution in [1.82, 2.24) is 9.97 Å². The Bertz CT molecular complexity index is 435. The maximum Gasteiger partial charge on any atom is 0.0507 e. The fourth-order valence-corrected chi connectivity index (χ4v) is 1.64. The van der Waals surface area contributed by atoms with Gasteiger partial charge in [0, 0.05) is 29.7 Å². The van der Waals surface area contributed by atoms with Crippen molar-refractivity contribution in [2.24, 2.45) is 0 Å². The molecule has 2 heterocycles. The van der Waals surface area contributed by atoms with E-state index >= 15 is 0 Å². The first kappa shape index (κ1) is 9.84. The predicted molar refractivity (Wildman–Crippen MR) is 61.6 cm³/mol. The molecule has 0 spiro atoms. The van der Waals surface area contributed by atoms with Crippen molar-refractivity contribution < 1.29 is 0 Å². The molecule has 0 aliphatic heterocycles. The first-order valence-electron chi connectivity index (χ1n) is 5.14. The van der Waals surface area contributed by atoms with E-state index in [4.69, 9.17) is 0 Å². The fraction of sp³-hybridized carbons (Fsp3) is 0.231. The van der Waals surface area contributed by atoms with E-state index < -0.39 is 0 Å². The van der Waals surface area contributed by atoms with Gasteiger partial charge in [-0.1, -0.05) is 26.0 Å². The van der Waals surface area contributed by atoms with Crippen molar-refractivity contribution in [2.45, 2.75) is 19.8 Å². The number of rotatable bonds is 2. The van der Waals surface area contributed by atoms with Crippen LogP contribution in [0.3, 0.4) is 0 Å². The zero-order chi connectivity index (χ0) is 10.7. The van der Waals surface area contributed by atoms with E-state index in [1.165, 1.54) is 5.56 Å². The van der Waals surface area contributed by atoms with E-state index in [1.54, 1.807) is 6.20 Å². The summed E-state index contributed by atoms with van der Waals surface area (Å²) in [5.74, 6) is 0.432. The third kappa shape index (κ3) is 2.04. The smallest absolute Gasteiger partial charge is 0.0507 e. The first-order valence-corrected chi connectivity index (χ1v) is 5.14. The maximum atomic E-state index is 4.43. The summed E-state index contributed by atoms with van der Waals surface area (Å²) in [5, 5.41) is 0. The summed E-state index contributed by atoms with van der Waals surface area (Å²) in [6.45, 7) is 4.31. The van der Waals surface area contributed by atoms with Gasteiger partial charge in [-0.15, -0.1) is 0 Å². The fourth-order valence-electron chi connectivity index (χ4n) is 1.64. The number of hydrogen-bond acceptors (Lipinski definition) is 2. The standard InChI is InChI=1S/C13H14N2/c1-10(2)13-12(6-4-8-15-13)11-5-3-7-14-9-11/h3-10H,1-2H3. The summed E-state index contributed by atoms with van der Waals surface area (Å²) < 4.78 is 0. The van der Waals surface area contributed by atoms with Gasteiger partial charge < -0.3 is 0 Å². The lowest BCUT2D eigenvalue weighted by Crippen LogP contribution is -1.95. The number of aromatic nitrogens is 2. The summed E-state index contributed by atoms with van der Waals surface area (Å²) in [6.07, 6.45) is 5.51. The monoisotopic (exact) mass is 198 g/mol.